The Morgan fingerprint density at radius 1 is 0.969 bits per heavy atom. The molecule has 0 amide bonds. The largest absolute Gasteiger partial charge is 0.494 e. The molecule has 5 nitrogen and oxygen atoms in total. The van der Waals surface area contributed by atoms with E-state index in [2.05, 4.69) is 4.98 Å². The zero-order valence-electron chi connectivity index (χ0n) is 18.5. The molecular weight excluding hydrogens is 405 g/mol. The first-order valence-corrected chi connectivity index (χ1v) is 10.8. The van der Waals surface area contributed by atoms with Crippen molar-refractivity contribution in [1.82, 2.24) is 9.97 Å². The Morgan fingerprint density at radius 2 is 1.78 bits per heavy atom. The van der Waals surface area contributed by atoms with Crippen LogP contribution in [0.4, 0.5) is 10.1 Å². The van der Waals surface area contributed by atoms with Gasteiger partial charge in [0.05, 0.1) is 18.9 Å². The quantitative estimate of drug-likeness (QED) is 0.386. The Labute approximate surface area is 187 Å². The summed E-state index contributed by atoms with van der Waals surface area (Å²) in [7, 11) is 0. The Hall–Kier alpha value is -3.67. The zero-order valence-corrected chi connectivity index (χ0v) is 18.5. The molecule has 32 heavy (non-hydrogen) atoms. The molecule has 0 saturated heterocycles. The summed E-state index contributed by atoms with van der Waals surface area (Å²) in [6.07, 6.45) is 4.19. The van der Waals surface area contributed by atoms with Crippen LogP contribution in [0.3, 0.4) is 0 Å². The van der Waals surface area contributed by atoms with E-state index in [1.165, 1.54) is 6.07 Å². The molecule has 2 aromatic carbocycles. The Balaban J connectivity index is 2.00. The maximum atomic E-state index is 14.8. The Bertz CT molecular complexity index is 1260. The molecular formula is C26H26FN3O2. The molecule has 0 bridgehead atoms. The van der Waals surface area contributed by atoms with Gasteiger partial charge in [0.2, 0.25) is 0 Å². The summed E-state index contributed by atoms with van der Waals surface area (Å²) in [5, 5.41) is 0.733. The lowest BCUT2D eigenvalue weighted by atomic mass is 9.96. The third-order valence-corrected chi connectivity index (χ3v) is 5.35. The van der Waals surface area contributed by atoms with Crippen LogP contribution in [-0.2, 0) is 6.42 Å². The lowest BCUT2D eigenvalue weighted by Crippen LogP contribution is -2.04. The normalized spacial score (nSPS) is 11.0. The van der Waals surface area contributed by atoms with E-state index in [1.54, 1.807) is 24.5 Å². The molecule has 164 valence electrons. The number of halogens is 1. The van der Waals surface area contributed by atoms with Gasteiger partial charge in [0.25, 0.3) is 0 Å². The zero-order chi connectivity index (χ0) is 22.7. The van der Waals surface area contributed by atoms with Crippen molar-refractivity contribution >= 4 is 16.6 Å². The minimum atomic E-state index is -0.343. The van der Waals surface area contributed by atoms with Crippen molar-refractivity contribution in [3.63, 3.8) is 0 Å². The Kier molecular flexibility index (Phi) is 6.21. The summed E-state index contributed by atoms with van der Waals surface area (Å²) < 4.78 is 26.3. The van der Waals surface area contributed by atoms with Crippen molar-refractivity contribution in [3.05, 3.63) is 66.2 Å². The third-order valence-electron chi connectivity index (χ3n) is 5.35. The number of nitrogen functional groups attached to an aromatic ring is 1. The van der Waals surface area contributed by atoms with Crippen molar-refractivity contribution in [2.45, 2.75) is 27.2 Å². The molecule has 2 aromatic heterocycles. The summed E-state index contributed by atoms with van der Waals surface area (Å²) in [6, 6.07) is 12.3. The van der Waals surface area contributed by atoms with Gasteiger partial charge in [-0.05, 0) is 68.3 Å². The van der Waals surface area contributed by atoms with Crippen LogP contribution in [0.2, 0.25) is 0 Å². The first-order valence-electron chi connectivity index (χ1n) is 10.8. The standard InChI is InChI=1S/C26H26FN3O2/c1-4-19-24(28)21-12-17(20-14-18(31-5-2)9-10-22(20)27)13-23(32-6-3)26(21)30-25(19)16-8-7-11-29-15-16/h7-15H,4-6H2,1-3H3,(H2,28,30). The number of aromatic nitrogens is 2. The van der Waals surface area contributed by atoms with Gasteiger partial charge in [-0.3, -0.25) is 4.98 Å². The van der Waals surface area contributed by atoms with Gasteiger partial charge < -0.3 is 15.2 Å². The van der Waals surface area contributed by atoms with Gasteiger partial charge in [0, 0.05) is 40.2 Å². The number of rotatable bonds is 7. The number of ether oxygens (including phenoxy) is 2. The maximum Gasteiger partial charge on any atom is 0.146 e. The molecule has 0 aliphatic carbocycles. The second kappa shape index (κ2) is 9.22. The van der Waals surface area contributed by atoms with Gasteiger partial charge in [-0.15, -0.1) is 0 Å². The first-order chi connectivity index (χ1) is 15.6. The van der Waals surface area contributed by atoms with Crippen LogP contribution in [0.1, 0.15) is 26.3 Å². The smallest absolute Gasteiger partial charge is 0.146 e. The van der Waals surface area contributed by atoms with Crippen LogP contribution < -0.4 is 15.2 Å². The van der Waals surface area contributed by atoms with E-state index in [-0.39, 0.29) is 5.82 Å². The van der Waals surface area contributed by atoms with Gasteiger partial charge in [-0.2, -0.15) is 0 Å². The number of hydrogen-bond donors (Lipinski definition) is 1. The highest BCUT2D eigenvalue weighted by Crippen LogP contribution is 2.40. The number of pyridine rings is 2. The van der Waals surface area contributed by atoms with Gasteiger partial charge in [0.1, 0.15) is 22.8 Å². The van der Waals surface area contributed by atoms with Crippen molar-refractivity contribution < 1.29 is 13.9 Å². The molecule has 4 rings (SSSR count). The maximum absolute atomic E-state index is 14.8. The molecule has 0 aliphatic heterocycles. The van der Waals surface area contributed by atoms with Crippen LogP contribution in [0, 0.1) is 5.82 Å². The summed E-state index contributed by atoms with van der Waals surface area (Å²) in [6.45, 7) is 6.78. The van der Waals surface area contributed by atoms with Gasteiger partial charge in [-0.25, -0.2) is 9.37 Å². The molecule has 2 N–H and O–H groups in total. The highest BCUT2D eigenvalue weighted by molar-refractivity contribution is 6.01. The molecule has 0 fully saturated rings. The monoisotopic (exact) mass is 431 g/mol. The molecule has 4 aromatic rings. The van der Waals surface area contributed by atoms with E-state index in [1.807, 2.05) is 45.0 Å². The van der Waals surface area contributed by atoms with Crippen LogP contribution >= 0.6 is 0 Å². The fraction of sp³-hybridized carbons (Fsp3) is 0.231. The fourth-order valence-corrected chi connectivity index (χ4v) is 3.90. The summed E-state index contributed by atoms with van der Waals surface area (Å²) in [4.78, 5) is 9.16. The van der Waals surface area contributed by atoms with Gasteiger partial charge in [0.15, 0.2) is 0 Å². The summed E-state index contributed by atoms with van der Waals surface area (Å²) in [5.41, 5.74) is 11.6. The van der Waals surface area contributed by atoms with E-state index < -0.39 is 0 Å². The molecule has 0 unspecified atom stereocenters. The highest BCUT2D eigenvalue weighted by atomic mass is 19.1. The molecule has 6 heteroatoms. The lowest BCUT2D eigenvalue weighted by molar-refractivity contribution is 0.339. The average Bonchev–Trinajstić information content (AvgIpc) is 2.81. The summed E-state index contributed by atoms with van der Waals surface area (Å²) in [5.74, 6) is 0.819. The van der Waals surface area contributed by atoms with Gasteiger partial charge >= 0.3 is 0 Å². The average molecular weight is 432 g/mol. The minimum Gasteiger partial charge on any atom is -0.494 e. The van der Waals surface area contributed by atoms with Crippen LogP contribution in [0.5, 0.6) is 11.5 Å². The molecule has 0 spiro atoms. The predicted octanol–water partition coefficient (Wildman–Crippen LogP) is 6.04. The second-order valence-corrected chi connectivity index (χ2v) is 7.33. The molecule has 0 aliphatic rings. The minimum absolute atomic E-state index is 0.343. The molecule has 0 radical (unpaired) electrons. The second-order valence-electron chi connectivity index (χ2n) is 7.33. The van der Waals surface area contributed by atoms with Crippen molar-refractivity contribution in [2.75, 3.05) is 18.9 Å². The first kappa shape index (κ1) is 21.6. The van der Waals surface area contributed by atoms with Crippen molar-refractivity contribution in [3.8, 4) is 33.9 Å². The topological polar surface area (TPSA) is 70.3 Å². The SMILES string of the molecule is CCOc1ccc(F)c(-c2cc(OCC)c3nc(-c4cccnc4)c(CC)c(N)c3c2)c1. The number of fused-ring (bicyclic) bond motifs is 1. The Morgan fingerprint density at radius 3 is 2.47 bits per heavy atom. The van der Waals surface area contributed by atoms with E-state index in [0.717, 1.165) is 22.2 Å². The van der Waals surface area contributed by atoms with Gasteiger partial charge in [-0.1, -0.05) is 6.92 Å². The van der Waals surface area contributed by atoms with Crippen LogP contribution in [-0.4, -0.2) is 23.2 Å². The van der Waals surface area contributed by atoms with E-state index in [9.17, 15) is 4.39 Å². The number of anilines is 1. The van der Waals surface area contributed by atoms with E-state index in [0.29, 0.717) is 53.5 Å². The molecule has 0 saturated carbocycles. The number of benzene rings is 2. The third kappa shape index (κ3) is 3.96. The number of nitrogens with two attached hydrogens (primary N) is 1. The fourth-order valence-electron chi connectivity index (χ4n) is 3.90. The van der Waals surface area contributed by atoms with Crippen LogP contribution in [0.25, 0.3) is 33.3 Å². The number of nitrogens with zero attached hydrogens (tertiary/aromatic N) is 2. The highest BCUT2D eigenvalue weighted by Gasteiger charge is 2.19. The van der Waals surface area contributed by atoms with Crippen molar-refractivity contribution in [2.24, 2.45) is 0 Å². The van der Waals surface area contributed by atoms with E-state index >= 15 is 0 Å². The molecule has 0 atom stereocenters. The van der Waals surface area contributed by atoms with Crippen molar-refractivity contribution in [1.29, 1.82) is 0 Å². The number of hydrogen-bond acceptors (Lipinski definition) is 5. The van der Waals surface area contributed by atoms with E-state index in [4.69, 9.17) is 20.2 Å². The van der Waals surface area contributed by atoms with Crippen LogP contribution in [0.15, 0.2) is 54.9 Å². The predicted molar refractivity (Wildman–Crippen MR) is 126 cm³/mol. The lowest BCUT2D eigenvalue weighted by Gasteiger charge is -2.17. The molecule has 2 heterocycles. The summed E-state index contributed by atoms with van der Waals surface area (Å²) >= 11 is 0.